The lowest BCUT2D eigenvalue weighted by molar-refractivity contribution is 0.0941. The van der Waals surface area contributed by atoms with Crippen LogP contribution in [0.15, 0.2) is 30.6 Å². The van der Waals surface area contributed by atoms with Gasteiger partial charge in [0.1, 0.15) is 0 Å². The predicted octanol–water partition coefficient (Wildman–Crippen LogP) is 2.14. The van der Waals surface area contributed by atoms with Gasteiger partial charge in [0.05, 0.1) is 28.5 Å². The number of nitrogens with one attached hydrogen (secondary N) is 2. The topological polar surface area (TPSA) is 83.8 Å². The van der Waals surface area contributed by atoms with Crippen molar-refractivity contribution in [1.29, 1.82) is 0 Å². The van der Waals surface area contributed by atoms with Crippen molar-refractivity contribution >= 4 is 23.2 Å². The van der Waals surface area contributed by atoms with E-state index in [0.29, 0.717) is 10.6 Å². The zero-order valence-electron chi connectivity index (χ0n) is 9.77. The third kappa shape index (κ3) is 2.46. The summed E-state index contributed by atoms with van der Waals surface area (Å²) in [5.74, 6) is -0.260. The number of amides is 1. The minimum atomic E-state index is -0.260. The Balaban J connectivity index is 2.15. The Bertz CT molecular complexity index is 553. The highest BCUT2D eigenvalue weighted by Crippen LogP contribution is 2.23. The molecule has 0 aliphatic rings. The molecule has 0 radical (unpaired) electrons. The largest absolute Gasteiger partial charge is 0.397 e. The van der Waals surface area contributed by atoms with E-state index in [1.807, 2.05) is 6.92 Å². The van der Waals surface area contributed by atoms with Gasteiger partial charge in [0.25, 0.3) is 5.91 Å². The summed E-state index contributed by atoms with van der Waals surface area (Å²) in [5, 5.41) is 9.73. The zero-order chi connectivity index (χ0) is 13.1. The number of carbonyl (C=O) groups excluding carboxylic acids is 1. The number of anilines is 1. The van der Waals surface area contributed by atoms with Gasteiger partial charge in [0, 0.05) is 11.8 Å². The minimum absolute atomic E-state index is 0.158. The van der Waals surface area contributed by atoms with Crippen LogP contribution in [0.25, 0.3) is 0 Å². The van der Waals surface area contributed by atoms with Gasteiger partial charge in [-0.3, -0.25) is 9.89 Å². The molecule has 0 aliphatic carbocycles. The van der Waals surface area contributed by atoms with E-state index in [4.69, 9.17) is 17.3 Å². The summed E-state index contributed by atoms with van der Waals surface area (Å²) in [6.45, 7) is 1.86. The normalized spacial score (nSPS) is 12.1. The zero-order valence-corrected chi connectivity index (χ0v) is 10.5. The van der Waals surface area contributed by atoms with Crippen molar-refractivity contribution in [2.45, 2.75) is 13.0 Å². The Morgan fingerprint density at radius 1 is 1.56 bits per heavy atom. The smallest absolute Gasteiger partial charge is 0.253 e. The molecule has 1 heterocycles. The SMILES string of the molecule is CC(NC(=O)c1cccc(Cl)c1N)c1cn[nH]c1. The van der Waals surface area contributed by atoms with E-state index < -0.39 is 0 Å². The van der Waals surface area contributed by atoms with Crippen molar-refractivity contribution in [1.82, 2.24) is 15.5 Å². The molecule has 1 aromatic heterocycles. The number of hydrogen-bond acceptors (Lipinski definition) is 3. The molecular formula is C12H13ClN4O. The Kier molecular flexibility index (Phi) is 3.53. The molecule has 0 fully saturated rings. The number of halogens is 1. The lowest BCUT2D eigenvalue weighted by Gasteiger charge is -2.13. The van der Waals surface area contributed by atoms with E-state index >= 15 is 0 Å². The second kappa shape index (κ2) is 5.10. The minimum Gasteiger partial charge on any atom is -0.397 e. The molecule has 0 bridgehead atoms. The van der Waals surface area contributed by atoms with Crippen molar-refractivity contribution in [3.05, 3.63) is 46.7 Å². The van der Waals surface area contributed by atoms with E-state index in [-0.39, 0.29) is 17.6 Å². The molecule has 5 nitrogen and oxygen atoms in total. The number of rotatable bonds is 3. The Hall–Kier alpha value is -2.01. The fraction of sp³-hybridized carbons (Fsp3) is 0.167. The molecule has 0 spiro atoms. The van der Waals surface area contributed by atoms with E-state index in [0.717, 1.165) is 5.56 Å². The summed E-state index contributed by atoms with van der Waals surface area (Å²) in [6.07, 6.45) is 3.39. The number of hydrogen-bond donors (Lipinski definition) is 3. The number of H-pyrrole nitrogens is 1. The van der Waals surface area contributed by atoms with Crippen LogP contribution in [0.4, 0.5) is 5.69 Å². The molecule has 0 aliphatic heterocycles. The van der Waals surface area contributed by atoms with Gasteiger partial charge >= 0.3 is 0 Å². The molecule has 1 atom stereocenters. The van der Waals surface area contributed by atoms with Crippen molar-refractivity contribution in [3.63, 3.8) is 0 Å². The maximum atomic E-state index is 12.0. The lowest BCUT2D eigenvalue weighted by Crippen LogP contribution is -2.27. The second-order valence-electron chi connectivity index (χ2n) is 3.93. The molecule has 0 saturated carbocycles. The highest BCUT2D eigenvalue weighted by atomic mass is 35.5. The Morgan fingerprint density at radius 3 is 3.00 bits per heavy atom. The summed E-state index contributed by atoms with van der Waals surface area (Å²) in [4.78, 5) is 12.0. The third-order valence-electron chi connectivity index (χ3n) is 2.66. The number of carbonyl (C=O) groups is 1. The number of aromatic amines is 1. The van der Waals surface area contributed by atoms with Crippen LogP contribution >= 0.6 is 11.6 Å². The van der Waals surface area contributed by atoms with Gasteiger partial charge in [-0.1, -0.05) is 17.7 Å². The highest BCUT2D eigenvalue weighted by molar-refractivity contribution is 6.33. The number of para-hydroxylation sites is 1. The van der Waals surface area contributed by atoms with Gasteiger partial charge < -0.3 is 11.1 Å². The van der Waals surface area contributed by atoms with E-state index in [2.05, 4.69) is 15.5 Å². The van der Waals surface area contributed by atoms with Crippen LogP contribution in [-0.2, 0) is 0 Å². The van der Waals surface area contributed by atoms with Crippen LogP contribution in [0.3, 0.4) is 0 Å². The van der Waals surface area contributed by atoms with Crippen LogP contribution in [0, 0.1) is 0 Å². The number of benzene rings is 1. The third-order valence-corrected chi connectivity index (χ3v) is 2.99. The van der Waals surface area contributed by atoms with Crippen LogP contribution in [0.1, 0.15) is 28.9 Å². The molecule has 0 saturated heterocycles. The summed E-state index contributed by atoms with van der Waals surface area (Å²) in [7, 11) is 0. The summed E-state index contributed by atoms with van der Waals surface area (Å²) >= 11 is 5.87. The van der Waals surface area contributed by atoms with Gasteiger partial charge in [-0.15, -0.1) is 0 Å². The Labute approximate surface area is 109 Å². The fourth-order valence-corrected chi connectivity index (χ4v) is 1.76. The van der Waals surface area contributed by atoms with Gasteiger partial charge in [-0.25, -0.2) is 0 Å². The fourth-order valence-electron chi connectivity index (χ4n) is 1.59. The highest BCUT2D eigenvalue weighted by Gasteiger charge is 2.15. The monoisotopic (exact) mass is 264 g/mol. The van der Waals surface area contributed by atoms with Crippen LogP contribution < -0.4 is 11.1 Å². The molecule has 2 aromatic rings. The Morgan fingerprint density at radius 2 is 2.33 bits per heavy atom. The maximum Gasteiger partial charge on any atom is 0.253 e. The quantitative estimate of drug-likeness (QED) is 0.743. The van der Waals surface area contributed by atoms with Crippen molar-refractivity contribution in [2.75, 3.05) is 5.73 Å². The molecule has 2 rings (SSSR count). The average Bonchev–Trinajstić information content (AvgIpc) is 2.86. The van der Waals surface area contributed by atoms with Gasteiger partial charge in [0.15, 0.2) is 0 Å². The standard InChI is InChI=1S/C12H13ClN4O/c1-7(8-5-15-16-6-8)17-12(18)9-3-2-4-10(13)11(9)14/h2-7H,14H2,1H3,(H,15,16)(H,17,18). The first-order valence-corrected chi connectivity index (χ1v) is 5.81. The molecule has 18 heavy (non-hydrogen) atoms. The molecule has 1 amide bonds. The van der Waals surface area contributed by atoms with Crippen LogP contribution in [0.5, 0.6) is 0 Å². The first-order valence-electron chi connectivity index (χ1n) is 5.43. The van der Waals surface area contributed by atoms with E-state index in [1.54, 1.807) is 30.6 Å². The molecular weight excluding hydrogens is 252 g/mol. The predicted molar refractivity (Wildman–Crippen MR) is 70.3 cm³/mol. The molecule has 1 aromatic carbocycles. The number of nitrogen functional groups attached to an aromatic ring is 1. The molecule has 94 valence electrons. The summed E-state index contributed by atoms with van der Waals surface area (Å²) in [6, 6.07) is 4.82. The van der Waals surface area contributed by atoms with E-state index in [1.165, 1.54) is 0 Å². The second-order valence-corrected chi connectivity index (χ2v) is 4.34. The first kappa shape index (κ1) is 12.4. The van der Waals surface area contributed by atoms with E-state index in [9.17, 15) is 4.79 Å². The number of aromatic nitrogens is 2. The average molecular weight is 265 g/mol. The summed E-state index contributed by atoms with van der Waals surface area (Å²) in [5.41, 5.74) is 7.32. The number of nitrogens with zero attached hydrogens (tertiary/aromatic N) is 1. The van der Waals surface area contributed by atoms with Crippen molar-refractivity contribution in [3.8, 4) is 0 Å². The lowest BCUT2D eigenvalue weighted by atomic mass is 10.1. The van der Waals surface area contributed by atoms with Gasteiger partial charge in [-0.05, 0) is 19.1 Å². The molecule has 1 unspecified atom stereocenters. The summed E-state index contributed by atoms with van der Waals surface area (Å²) < 4.78 is 0. The van der Waals surface area contributed by atoms with Crippen molar-refractivity contribution in [2.24, 2.45) is 0 Å². The molecule has 6 heteroatoms. The van der Waals surface area contributed by atoms with Crippen molar-refractivity contribution < 1.29 is 4.79 Å². The first-order chi connectivity index (χ1) is 8.59. The maximum absolute atomic E-state index is 12.0. The van der Waals surface area contributed by atoms with Crippen LogP contribution in [-0.4, -0.2) is 16.1 Å². The van der Waals surface area contributed by atoms with Gasteiger partial charge in [0.2, 0.25) is 0 Å². The number of nitrogens with two attached hydrogens (primary N) is 1. The van der Waals surface area contributed by atoms with Gasteiger partial charge in [-0.2, -0.15) is 5.10 Å². The van der Waals surface area contributed by atoms with Crippen LogP contribution in [0.2, 0.25) is 5.02 Å². The molecule has 4 N–H and O–H groups in total.